The second kappa shape index (κ2) is 27.1. The highest BCUT2D eigenvalue weighted by atomic mass is 32.2. The van der Waals surface area contributed by atoms with Gasteiger partial charge in [-0.15, -0.1) is 0 Å². The lowest BCUT2D eigenvalue weighted by molar-refractivity contribution is -0.140. The molecule has 0 spiro atoms. The lowest BCUT2D eigenvalue weighted by Crippen LogP contribution is -2.46. The molecule has 0 saturated carbocycles. The van der Waals surface area contributed by atoms with Crippen molar-refractivity contribution < 1.29 is 64.1 Å². The smallest absolute Gasteiger partial charge is 0.406 e. The monoisotopic (exact) mass is 1090 g/mol. The number of alkyl halides is 4. The Bertz CT molecular complexity index is 3010. The van der Waals surface area contributed by atoms with E-state index < -0.39 is 41.2 Å². The molecule has 416 valence electrons. The van der Waals surface area contributed by atoms with E-state index in [-0.39, 0.29) is 94.7 Å². The number of methoxy groups -OCH3 is 1. The van der Waals surface area contributed by atoms with Gasteiger partial charge in [-0.2, -0.15) is 17.5 Å². The molecule has 2 aromatic heterocycles. The third kappa shape index (κ3) is 16.2. The van der Waals surface area contributed by atoms with Crippen molar-refractivity contribution in [2.75, 3.05) is 111 Å². The van der Waals surface area contributed by atoms with Crippen LogP contribution in [0.15, 0.2) is 94.5 Å². The summed E-state index contributed by atoms with van der Waals surface area (Å²) in [5.74, 6) is 6.82. The Morgan fingerprint density at radius 2 is 1.74 bits per heavy atom. The number of benzene rings is 3. The molecular formula is C54H66F4N8O10S. The number of hydrogen-bond donors (Lipinski definition) is 4. The van der Waals surface area contributed by atoms with Crippen molar-refractivity contribution in [1.82, 2.24) is 29.1 Å². The van der Waals surface area contributed by atoms with Gasteiger partial charge in [-0.1, -0.05) is 35.4 Å². The van der Waals surface area contributed by atoms with Crippen LogP contribution in [0.5, 0.6) is 11.5 Å². The number of aryl methyl sites for hydroxylation is 2. The minimum absolute atomic E-state index is 0.0115. The summed E-state index contributed by atoms with van der Waals surface area (Å²) in [6, 6.07) is 17.6. The van der Waals surface area contributed by atoms with Gasteiger partial charge in [-0.3, -0.25) is 4.79 Å². The van der Waals surface area contributed by atoms with Crippen LogP contribution in [-0.4, -0.2) is 168 Å². The van der Waals surface area contributed by atoms with Crippen molar-refractivity contribution in [3.63, 3.8) is 0 Å². The highest BCUT2D eigenvalue weighted by molar-refractivity contribution is 7.89. The van der Waals surface area contributed by atoms with Gasteiger partial charge in [0.1, 0.15) is 36.2 Å². The minimum Gasteiger partial charge on any atom is -0.495 e. The Morgan fingerprint density at radius 3 is 2.47 bits per heavy atom. The summed E-state index contributed by atoms with van der Waals surface area (Å²) in [7, 11) is 0.698. The molecule has 1 fully saturated rings. The van der Waals surface area contributed by atoms with Gasteiger partial charge >= 0.3 is 6.18 Å². The third-order valence-corrected chi connectivity index (χ3v) is 14.6. The highest BCUT2D eigenvalue weighted by Gasteiger charge is 2.32. The Kier molecular flexibility index (Phi) is 20.4. The van der Waals surface area contributed by atoms with Gasteiger partial charge in [0.25, 0.3) is 5.91 Å². The van der Waals surface area contributed by atoms with Crippen molar-refractivity contribution >= 4 is 43.8 Å². The average Bonchev–Trinajstić information content (AvgIpc) is 4.00. The number of hydrogen-bond acceptors (Lipinski definition) is 15. The predicted molar refractivity (Wildman–Crippen MR) is 283 cm³/mol. The fourth-order valence-corrected chi connectivity index (χ4v) is 9.93. The largest absolute Gasteiger partial charge is 0.495 e. The summed E-state index contributed by atoms with van der Waals surface area (Å²) >= 11 is 0. The quantitative estimate of drug-likeness (QED) is 0.0273. The summed E-state index contributed by atoms with van der Waals surface area (Å²) in [4.78, 5) is 16.1. The Hall–Kier alpha value is -6.65. The van der Waals surface area contributed by atoms with Crippen LogP contribution in [0.3, 0.4) is 0 Å². The summed E-state index contributed by atoms with van der Waals surface area (Å²) < 4.78 is 119. The number of aromatic nitrogens is 2. The summed E-state index contributed by atoms with van der Waals surface area (Å²) in [5.41, 5.74) is 4.78. The maximum atomic E-state index is 14.9. The number of fused-ring (bicyclic) bond motifs is 1. The Labute approximate surface area is 445 Å². The molecule has 3 atom stereocenters. The first-order valence-corrected chi connectivity index (χ1v) is 26.5. The van der Waals surface area contributed by atoms with Crippen molar-refractivity contribution in [2.24, 2.45) is 0 Å². The van der Waals surface area contributed by atoms with E-state index in [0.29, 0.717) is 53.3 Å². The van der Waals surface area contributed by atoms with Gasteiger partial charge in [0.2, 0.25) is 10.0 Å². The predicted octanol–water partition coefficient (Wildman–Crippen LogP) is 6.33. The first-order chi connectivity index (χ1) is 36.9. The number of likely N-dealkylation sites (tertiary alicyclic amines) is 1. The highest BCUT2D eigenvalue weighted by Crippen LogP contribution is 2.33. The maximum Gasteiger partial charge on any atom is 0.406 e. The number of halogens is 4. The zero-order valence-corrected chi connectivity index (χ0v) is 44.5. The van der Waals surface area contributed by atoms with E-state index in [1.807, 2.05) is 56.3 Å². The zero-order chi connectivity index (χ0) is 55.1. The molecule has 0 bridgehead atoms. The van der Waals surface area contributed by atoms with Gasteiger partial charge in [0.05, 0.1) is 86.8 Å². The van der Waals surface area contributed by atoms with Gasteiger partial charge in [-0.05, 0) is 87.3 Å². The number of rotatable bonds is 26. The number of amides is 1. The first-order valence-electron chi connectivity index (χ1n) is 25.0. The number of nitrogens with one attached hydrogen (secondary N) is 3. The molecule has 1 amide bonds. The number of ether oxygens (including phenoxy) is 5. The van der Waals surface area contributed by atoms with Crippen LogP contribution < -0.4 is 25.4 Å². The average molecular weight is 1100 g/mol. The molecule has 4 N–H and O–H groups in total. The molecule has 77 heavy (non-hydrogen) atoms. The van der Waals surface area contributed by atoms with Crippen LogP contribution >= 0.6 is 0 Å². The second-order valence-corrected chi connectivity index (χ2v) is 20.5. The number of carbonyl (C=O) groups is 1. The van der Waals surface area contributed by atoms with Crippen LogP contribution in [0.1, 0.15) is 34.7 Å². The molecule has 0 aliphatic carbocycles. The fourth-order valence-electron chi connectivity index (χ4n) is 8.76. The van der Waals surface area contributed by atoms with Crippen LogP contribution in [0.25, 0.3) is 16.5 Å². The number of aliphatic hydroxyl groups is 1. The number of nitrogens with zero attached hydrogens (tertiary/aromatic N) is 5. The topological polar surface area (TPSA) is 194 Å². The minimum atomic E-state index is -4.53. The number of anilines is 2. The molecule has 7 rings (SSSR count). The molecule has 1 unspecified atom stereocenters. The van der Waals surface area contributed by atoms with E-state index in [1.54, 1.807) is 41.3 Å². The molecule has 0 radical (unpaired) electrons. The molecule has 2 aliphatic rings. The van der Waals surface area contributed by atoms with E-state index in [9.17, 15) is 35.9 Å². The fraction of sp³-hybridized carbons (Fsp3) is 0.444. The summed E-state index contributed by atoms with van der Waals surface area (Å²) in [5, 5.41) is 24.2. The number of carbonyl (C=O) groups excluding carboxylic acids is 1. The van der Waals surface area contributed by atoms with E-state index in [1.165, 1.54) is 32.4 Å². The van der Waals surface area contributed by atoms with Crippen LogP contribution in [-0.2, 0) is 42.1 Å². The van der Waals surface area contributed by atoms with Crippen molar-refractivity contribution in [3.05, 3.63) is 113 Å². The van der Waals surface area contributed by atoms with Crippen molar-refractivity contribution in [3.8, 4) is 23.3 Å². The van der Waals surface area contributed by atoms with E-state index in [2.05, 4.69) is 32.9 Å². The van der Waals surface area contributed by atoms with Gasteiger partial charge < -0.3 is 63.6 Å². The Balaban J connectivity index is 0.765. The van der Waals surface area contributed by atoms with Gasteiger partial charge in [0.15, 0.2) is 6.61 Å². The molecular weight excluding hydrogens is 1030 g/mol. The number of aliphatic hydroxyl groups excluding tert-OH is 1. The second-order valence-electron chi connectivity index (χ2n) is 18.5. The normalized spacial score (nSPS) is 17.1. The third-order valence-electron chi connectivity index (χ3n) is 12.7. The lowest BCUT2D eigenvalue weighted by Gasteiger charge is -2.33. The van der Waals surface area contributed by atoms with Crippen LogP contribution in [0.2, 0.25) is 0 Å². The van der Waals surface area contributed by atoms with Crippen molar-refractivity contribution in [1.29, 1.82) is 0 Å². The molecule has 23 heteroatoms. The molecule has 4 heterocycles. The molecule has 1 saturated heterocycles. The maximum absolute atomic E-state index is 14.9. The lowest BCUT2D eigenvalue weighted by atomic mass is 10.0. The molecule has 3 aromatic carbocycles. The van der Waals surface area contributed by atoms with E-state index in [0.717, 1.165) is 31.3 Å². The standard InChI is InChI=1S/C54H66F4N8O10S/c1-37-53(38(2)76-62-37)40-14-17-52(68)65(33-40)32-39-9-6-11-42(29-39)75-35-51(67)60-20-23-72-25-27-74-28-26-73-24-22-64(4)77(69,70)43-15-16-48(50(31-43)71-5)59-19-8-10-41-30-44-46(61-47-18-21-63(3)34-45(47)55)12-7-13-49(44)66(41)36-54(56,57)58/h6-7,9,11-17,29-31,33,45,47,52,59,61,68H,18-28,32,34-36H2,1-5H3,(H,60,67)/t45-,47+,52?/m0/s1. The number of piperidine rings is 1. The molecule has 2 aliphatic heterocycles. The zero-order valence-electron chi connectivity index (χ0n) is 43.7. The first kappa shape index (κ1) is 58.0. The Morgan fingerprint density at radius 1 is 0.987 bits per heavy atom. The van der Waals surface area contributed by atoms with Crippen LogP contribution in [0.4, 0.5) is 28.9 Å². The van der Waals surface area contributed by atoms with E-state index in [4.69, 9.17) is 28.2 Å². The van der Waals surface area contributed by atoms with Gasteiger partial charge in [0, 0.05) is 74.2 Å². The summed E-state index contributed by atoms with van der Waals surface area (Å²) in [6.45, 7) is 5.27. The van der Waals surface area contributed by atoms with Crippen LogP contribution in [0, 0.1) is 25.7 Å². The SMILES string of the molecule is COc1cc(S(=O)(=O)N(C)CCOCCOCCOCCNC(=O)COc2cccc(CN3C=C(c4c(C)noc4C)C=CC3O)c2)ccc1NCC#Cc1cc2c(N[C@@H]3CCN(C)C[C@@H]3F)cccc2n1CC(F)(F)F. The molecule has 18 nitrogen and oxygen atoms in total. The van der Waals surface area contributed by atoms with E-state index >= 15 is 0 Å². The summed E-state index contributed by atoms with van der Waals surface area (Å²) in [6.07, 6.45) is -0.543. The number of allylic oxidation sites excluding steroid dienone is 2. The molecule has 5 aromatic rings. The van der Waals surface area contributed by atoms with Crippen molar-refractivity contribution in [2.45, 2.75) is 62.9 Å². The number of likely N-dealkylation sites (N-methyl/N-ethyl adjacent to an activating group) is 1. The van der Waals surface area contributed by atoms with Gasteiger partial charge in [-0.25, -0.2) is 12.8 Å². The number of sulfonamides is 1.